The second-order valence-corrected chi connectivity index (χ2v) is 6.60. The molecule has 2 rings (SSSR count). The molecule has 1 aromatic rings. The third-order valence-electron chi connectivity index (χ3n) is 4.50. The highest BCUT2D eigenvalue weighted by molar-refractivity contribution is 9.10. The van der Waals surface area contributed by atoms with Gasteiger partial charge in [0, 0.05) is 20.2 Å². The van der Waals surface area contributed by atoms with Crippen LogP contribution in [-0.2, 0) is 20.0 Å². The van der Waals surface area contributed by atoms with Gasteiger partial charge in [0.15, 0.2) is 0 Å². The predicted molar refractivity (Wildman–Crippen MR) is 84.5 cm³/mol. The van der Waals surface area contributed by atoms with Gasteiger partial charge in [0.2, 0.25) is 0 Å². The molecule has 1 aromatic heterocycles. The Balaban J connectivity index is 1.88. The third-order valence-corrected chi connectivity index (χ3v) is 5.42. The zero-order valence-electron chi connectivity index (χ0n) is 12.5. The van der Waals surface area contributed by atoms with E-state index in [0.29, 0.717) is 18.4 Å². The van der Waals surface area contributed by atoms with Gasteiger partial charge in [0.1, 0.15) is 0 Å². The van der Waals surface area contributed by atoms with Gasteiger partial charge in [-0.2, -0.15) is 5.10 Å². The summed E-state index contributed by atoms with van der Waals surface area (Å²) in [6, 6.07) is 0. The fraction of sp³-hybridized carbons (Fsp3) is 0.800. The number of rotatable bonds is 6. The Morgan fingerprint density at radius 2 is 2.05 bits per heavy atom. The first-order chi connectivity index (χ1) is 9.67. The molecule has 4 nitrogen and oxygen atoms in total. The van der Waals surface area contributed by atoms with E-state index in [1.807, 2.05) is 11.7 Å². The van der Waals surface area contributed by atoms with Crippen LogP contribution in [0, 0.1) is 11.8 Å². The molecule has 5 heteroatoms. The number of aliphatic hydroxyl groups excluding tert-OH is 1. The molecule has 0 spiro atoms. The Labute approximate surface area is 130 Å². The molecule has 1 aliphatic rings. The first-order valence-corrected chi connectivity index (χ1v) is 8.48. The topological polar surface area (TPSA) is 50.1 Å². The van der Waals surface area contributed by atoms with Crippen LogP contribution in [0.25, 0.3) is 0 Å². The number of aryl methyl sites for hydroxylation is 2. The highest BCUT2D eigenvalue weighted by Gasteiger charge is 2.24. The summed E-state index contributed by atoms with van der Waals surface area (Å²) in [6.07, 6.45) is 5.94. The molecule has 2 unspecified atom stereocenters. The molecule has 20 heavy (non-hydrogen) atoms. The lowest BCUT2D eigenvalue weighted by Gasteiger charge is -2.30. The van der Waals surface area contributed by atoms with Gasteiger partial charge < -0.3 is 10.4 Å². The number of nitrogens with zero attached hydrogens (tertiary/aromatic N) is 2. The zero-order valence-corrected chi connectivity index (χ0v) is 14.1. The number of halogens is 1. The zero-order chi connectivity index (χ0) is 14.5. The Kier molecular flexibility index (Phi) is 6.05. The molecule has 2 atom stereocenters. The van der Waals surface area contributed by atoms with Gasteiger partial charge >= 0.3 is 0 Å². The summed E-state index contributed by atoms with van der Waals surface area (Å²) in [5.41, 5.74) is 2.33. The van der Waals surface area contributed by atoms with Gasteiger partial charge in [-0.1, -0.05) is 19.8 Å². The lowest BCUT2D eigenvalue weighted by atomic mass is 9.79. The maximum absolute atomic E-state index is 9.45. The Morgan fingerprint density at radius 3 is 2.65 bits per heavy atom. The summed E-state index contributed by atoms with van der Waals surface area (Å²) >= 11 is 3.65. The second-order valence-electron chi connectivity index (χ2n) is 5.80. The van der Waals surface area contributed by atoms with Crippen LogP contribution in [0.15, 0.2) is 4.47 Å². The lowest BCUT2D eigenvalue weighted by molar-refractivity contribution is 0.133. The molecule has 1 aliphatic carbocycles. The minimum Gasteiger partial charge on any atom is -0.396 e. The van der Waals surface area contributed by atoms with Gasteiger partial charge in [0.25, 0.3) is 0 Å². The van der Waals surface area contributed by atoms with Crippen molar-refractivity contribution in [3.8, 4) is 0 Å². The van der Waals surface area contributed by atoms with Crippen LogP contribution in [0.1, 0.15) is 44.0 Å². The monoisotopic (exact) mass is 343 g/mol. The number of hydrogen-bond acceptors (Lipinski definition) is 3. The lowest BCUT2D eigenvalue weighted by Crippen LogP contribution is -2.32. The summed E-state index contributed by atoms with van der Waals surface area (Å²) in [5.74, 6) is 1.10. The van der Waals surface area contributed by atoms with E-state index < -0.39 is 0 Å². The van der Waals surface area contributed by atoms with Gasteiger partial charge in [-0.05, 0) is 53.6 Å². The van der Waals surface area contributed by atoms with Crippen molar-refractivity contribution in [1.82, 2.24) is 15.1 Å². The van der Waals surface area contributed by atoms with E-state index in [-0.39, 0.29) is 0 Å². The van der Waals surface area contributed by atoms with Crippen LogP contribution in [0.4, 0.5) is 0 Å². The molecule has 114 valence electrons. The third kappa shape index (κ3) is 3.62. The maximum atomic E-state index is 9.45. The Hall–Kier alpha value is -0.390. The highest BCUT2D eigenvalue weighted by Crippen LogP contribution is 2.29. The molecule has 0 aliphatic heterocycles. The van der Waals surface area contributed by atoms with Gasteiger partial charge in [-0.3, -0.25) is 4.68 Å². The Bertz CT molecular complexity index is 433. The maximum Gasteiger partial charge on any atom is 0.0767 e. The predicted octanol–water partition coefficient (Wildman–Crippen LogP) is 2.63. The normalized spacial score (nSPS) is 23.2. The number of nitrogens with one attached hydrogen (secondary N) is 1. The molecule has 0 bridgehead atoms. The molecular formula is C15H26BrN3O. The largest absolute Gasteiger partial charge is 0.396 e. The second kappa shape index (κ2) is 7.57. The molecule has 0 amide bonds. The number of aliphatic hydroxyl groups is 1. The van der Waals surface area contributed by atoms with Gasteiger partial charge in [-0.25, -0.2) is 0 Å². The number of aromatic nitrogens is 2. The van der Waals surface area contributed by atoms with E-state index in [1.165, 1.54) is 31.4 Å². The average Bonchev–Trinajstić information content (AvgIpc) is 2.75. The summed E-state index contributed by atoms with van der Waals surface area (Å²) in [7, 11) is 2.00. The van der Waals surface area contributed by atoms with Crippen molar-refractivity contribution in [2.45, 2.75) is 45.6 Å². The summed E-state index contributed by atoms with van der Waals surface area (Å²) in [6.45, 7) is 4.28. The van der Waals surface area contributed by atoms with E-state index in [4.69, 9.17) is 0 Å². The van der Waals surface area contributed by atoms with Gasteiger partial charge in [-0.15, -0.1) is 0 Å². The van der Waals surface area contributed by atoms with Crippen molar-refractivity contribution in [2.75, 3.05) is 13.2 Å². The van der Waals surface area contributed by atoms with E-state index in [0.717, 1.165) is 29.7 Å². The van der Waals surface area contributed by atoms with Crippen LogP contribution >= 0.6 is 15.9 Å². The van der Waals surface area contributed by atoms with Crippen molar-refractivity contribution < 1.29 is 5.11 Å². The fourth-order valence-electron chi connectivity index (χ4n) is 3.18. The molecule has 1 heterocycles. The summed E-state index contributed by atoms with van der Waals surface area (Å²) in [5, 5.41) is 17.5. The number of hydrogen-bond donors (Lipinski definition) is 2. The van der Waals surface area contributed by atoms with Crippen LogP contribution in [-0.4, -0.2) is 28.0 Å². The molecular weight excluding hydrogens is 318 g/mol. The van der Waals surface area contributed by atoms with E-state index in [2.05, 4.69) is 33.3 Å². The molecule has 0 saturated heterocycles. The summed E-state index contributed by atoms with van der Waals surface area (Å²) < 4.78 is 3.10. The van der Waals surface area contributed by atoms with E-state index in [1.54, 1.807) is 0 Å². The van der Waals surface area contributed by atoms with Crippen LogP contribution in [0.3, 0.4) is 0 Å². The smallest absolute Gasteiger partial charge is 0.0767 e. The standard InChI is InChI=1S/C15H26BrN3O/c1-3-13-15(16)14(19(2)18-13)9-17-8-11-6-4-5-7-12(11)10-20/h11-12,17,20H,3-10H2,1-2H3. The van der Waals surface area contributed by atoms with E-state index >= 15 is 0 Å². The minimum atomic E-state index is 0.335. The van der Waals surface area contributed by atoms with Crippen LogP contribution in [0.2, 0.25) is 0 Å². The first-order valence-electron chi connectivity index (χ1n) is 7.69. The van der Waals surface area contributed by atoms with Crippen molar-refractivity contribution in [2.24, 2.45) is 18.9 Å². The van der Waals surface area contributed by atoms with Crippen molar-refractivity contribution in [1.29, 1.82) is 0 Å². The SMILES string of the molecule is CCc1nn(C)c(CNCC2CCCCC2CO)c1Br. The summed E-state index contributed by atoms with van der Waals surface area (Å²) in [4.78, 5) is 0. The van der Waals surface area contributed by atoms with Crippen molar-refractivity contribution in [3.05, 3.63) is 15.9 Å². The average molecular weight is 344 g/mol. The minimum absolute atomic E-state index is 0.335. The quantitative estimate of drug-likeness (QED) is 0.834. The molecule has 0 aromatic carbocycles. The molecule has 1 saturated carbocycles. The van der Waals surface area contributed by atoms with Gasteiger partial charge in [0.05, 0.1) is 15.9 Å². The molecule has 2 N–H and O–H groups in total. The molecule has 0 radical (unpaired) electrons. The van der Waals surface area contributed by atoms with Crippen LogP contribution < -0.4 is 5.32 Å². The van der Waals surface area contributed by atoms with Crippen molar-refractivity contribution >= 4 is 15.9 Å². The molecule has 1 fully saturated rings. The first kappa shape index (κ1) is 16.0. The fourth-order valence-corrected chi connectivity index (χ4v) is 3.94. The Morgan fingerprint density at radius 1 is 1.35 bits per heavy atom. The highest BCUT2D eigenvalue weighted by atomic mass is 79.9. The van der Waals surface area contributed by atoms with E-state index in [9.17, 15) is 5.11 Å². The van der Waals surface area contributed by atoms with Crippen LogP contribution in [0.5, 0.6) is 0 Å². The van der Waals surface area contributed by atoms with Crippen molar-refractivity contribution in [3.63, 3.8) is 0 Å².